The maximum atomic E-state index is 9.00. The Hall–Kier alpha value is -0.160. The van der Waals surface area contributed by atoms with Crippen molar-refractivity contribution in [1.29, 1.82) is 5.26 Å². The van der Waals surface area contributed by atoms with Gasteiger partial charge in [-0.15, -0.1) is 11.8 Å². The number of thioether (sulfide) groups is 1. The highest BCUT2D eigenvalue weighted by molar-refractivity contribution is 8.00. The van der Waals surface area contributed by atoms with Crippen molar-refractivity contribution < 1.29 is 0 Å². The Labute approximate surface area is 79.5 Å². The quantitative estimate of drug-likeness (QED) is 0.671. The molecule has 1 fully saturated rings. The van der Waals surface area contributed by atoms with Crippen molar-refractivity contribution in [2.45, 2.75) is 38.4 Å². The lowest BCUT2D eigenvalue weighted by Crippen LogP contribution is -2.38. The molecular weight excluding hydrogens is 166 g/mol. The van der Waals surface area contributed by atoms with E-state index < -0.39 is 0 Å². The van der Waals surface area contributed by atoms with E-state index in [1.807, 2.05) is 11.8 Å². The minimum Gasteiger partial charge on any atom is -0.197 e. The lowest BCUT2D eigenvalue weighted by molar-refractivity contribution is 0.303. The molecule has 1 nitrogen and oxygen atoms in total. The van der Waals surface area contributed by atoms with Gasteiger partial charge < -0.3 is 0 Å². The van der Waals surface area contributed by atoms with Gasteiger partial charge in [0.1, 0.15) is 4.75 Å². The van der Waals surface area contributed by atoms with Crippen LogP contribution in [0.2, 0.25) is 0 Å². The summed E-state index contributed by atoms with van der Waals surface area (Å²) in [7, 11) is 0. The van der Waals surface area contributed by atoms with Crippen LogP contribution in [-0.4, -0.2) is 10.5 Å². The fraction of sp³-hybridized carbons (Fsp3) is 0.900. The van der Waals surface area contributed by atoms with Crippen LogP contribution >= 0.6 is 11.8 Å². The fourth-order valence-corrected chi connectivity index (χ4v) is 3.16. The molecule has 0 bridgehead atoms. The molecule has 0 heterocycles. The van der Waals surface area contributed by atoms with Crippen molar-refractivity contribution in [3.63, 3.8) is 0 Å². The Kier molecular flexibility index (Phi) is 3.06. The molecule has 0 aliphatic heterocycles. The molecule has 0 radical (unpaired) electrons. The van der Waals surface area contributed by atoms with E-state index >= 15 is 0 Å². The Bertz CT molecular complexity index is 187. The second-order valence-corrected chi connectivity index (χ2v) is 5.73. The van der Waals surface area contributed by atoms with Gasteiger partial charge in [-0.2, -0.15) is 5.26 Å². The number of hydrogen-bond acceptors (Lipinski definition) is 2. The van der Waals surface area contributed by atoms with Crippen molar-refractivity contribution in [2.24, 2.45) is 11.8 Å². The predicted molar refractivity (Wildman–Crippen MR) is 54.0 cm³/mol. The van der Waals surface area contributed by atoms with Crippen LogP contribution in [0.5, 0.6) is 0 Å². The number of rotatable bonds is 3. The molecule has 0 aromatic rings. The largest absolute Gasteiger partial charge is 0.197 e. The van der Waals surface area contributed by atoms with Gasteiger partial charge in [0, 0.05) is 0 Å². The summed E-state index contributed by atoms with van der Waals surface area (Å²) in [5, 5.41) is 9.00. The predicted octanol–water partition coefficient (Wildman–Crippen LogP) is 3.07. The molecule has 1 aliphatic carbocycles. The van der Waals surface area contributed by atoms with Gasteiger partial charge >= 0.3 is 0 Å². The SMILES string of the molecule is CC(C)CSC1(C#N)CC(C)C1. The van der Waals surface area contributed by atoms with Gasteiger partial charge in [-0.3, -0.25) is 0 Å². The van der Waals surface area contributed by atoms with Gasteiger partial charge in [0.05, 0.1) is 6.07 Å². The number of hydrogen-bond donors (Lipinski definition) is 0. The average Bonchev–Trinajstić information content (AvgIpc) is 1.95. The van der Waals surface area contributed by atoms with E-state index in [1.54, 1.807) is 0 Å². The van der Waals surface area contributed by atoms with Crippen LogP contribution < -0.4 is 0 Å². The first-order valence-corrected chi connectivity index (χ1v) is 5.62. The Morgan fingerprint density at radius 2 is 2.17 bits per heavy atom. The monoisotopic (exact) mass is 183 g/mol. The molecule has 0 N–H and O–H groups in total. The summed E-state index contributed by atoms with van der Waals surface area (Å²) in [6.07, 6.45) is 2.20. The van der Waals surface area contributed by atoms with E-state index in [0.717, 1.165) is 24.5 Å². The Balaban J connectivity index is 2.34. The fourth-order valence-electron chi connectivity index (χ4n) is 1.63. The molecule has 1 aliphatic rings. The molecular formula is C10H17NS. The average molecular weight is 183 g/mol. The molecule has 0 amide bonds. The van der Waals surface area contributed by atoms with E-state index in [4.69, 9.17) is 5.26 Å². The highest BCUT2D eigenvalue weighted by atomic mass is 32.2. The normalized spacial score (nSPS) is 34.4. The van der Waals surface area contributed by atoms with Gasteiger partial charge in [-0.1, -0.05) is 20.8 Å². The third-order valence-electron chi connectivity index (χ3n) is 2.25. The van der Waals surface area contributed by atoms with Crippen LogP contribution in [0.15, 0.2) is 0 Å². The first-order valence-electron chi connectivity index (χ1n) is 4.63. The number of nitriles is 1. The Morgan fingerprint density at radius 3 is 2.50 bits per heavy atom. The standard InChI is InChI=1S/C10H17NS/c1-8(2)6-12-10(7-11)4-9(3)5-10/h8-9H,4-6H2,1-3H3. The van der Waals surface area contributed by atoms with Crippen LogP contribution in [0.1, 0.15) is 33.6 Å². The molecule has 2 heteroatoms. The molecule has 68 valence electrons. The minimum atomic E-state index is -0.0102. The lowest BCUT2D eigenvalue weighted by atomic mass is 9.76. The van der Waals surface area contributed by atoms with Gasteiger partial charge in [0.2, 0.25) is 0 Å². The van der Waals surface area contributed by atoms with Gasteiger partial charge in [0.25, 0.3) is 0 Å². The van der Waals surface area contributed by atoms with Crippen LogP contribution in [-0.2, 0) is 0 Å². The van der Waals surface area contributed by atoms with Gasteiger partial charge in [-0.25, -0.2) is 0 Å². The van der Waals surface area contributed by atoms with Crippen molar-refractivity contribution in [3.8, 4) is 6.07 Å². The Morgan fingerprint density at radius 1 is 1.58 bits per heavy atom. The zero-order valence-electron chi connectivity index (χ0n) is 8.13. The number of nitrogens with zero attached hydrogens (tertiary/aromatic N) is 1. The van der Waals surface area contributed by atoms with Crippen LogP contribution in [0, 0.1) is 23.2 Å². The maximum Gasteiger partial charge on any atom is 0.103 e. The summed E-state index contributed by atoms with van der Waals surface area (Å²) in [6, 6.07) is 2.46. The minimum absolute atomic E-state index is 0.0102. The summed E-state index contributed by atoms with van der Waals surface area (Å²) in [5.41, 5.74) is 0. The topological polar surface area (TPSA) is 23.8 Å². The third kappa shape index (κ3) is 2.17. The van der Waals surface area contributed by atoms with Gasteiger partial charge in [0.15, 0.2) is 0 Å². The summed E-state index contributed by atoms with van der Waals surface area (Å²) < 4.78 is -0.0102. The maximum absolute atomic E-state index is 9.00. The van der Waals surface area contributed by atoms with Crippen LogP contribution in [0.3, 0.4) is 0 Å². The third-order valence-corrected chi connectivity index (χ3v) is 4.06. The molecule has 0 aromatic heterocycles. The summed E-state index contributed by atoms with van der Waals surface area (Å²) in [5.74, 6) is 2.60. The highest BCUT2D eigenvalue weighted by Gasteiger charge is 2.42. The highest BCUT2D eigenvalue weighted by Crippen LogP contribution is 2.47. The second-order valence-electron chi connectivity index (χ2n) is 4.32. The zero-order valence-corrected chi connectivity index (χ0v) is 8.95. The summed E-state index contributed by atoms with van der Waals surface area (Å²) >= 11 is 1.86. The zero-order chi connectivity index (χ0) is 9.19. The molecule has 0 spiro atoms. The van der Waals surface area contributed by atoms with Crippen LogP contribution in [0.25, 0.3) is 0 Å². The van der Waals surface area contributed by atoms with E-state index in [9.17, 15) is 0 Å². The van der Waals surface area contributed by atoms with Gasteiger partial charge in [-0.05, 0) is 30.4 Å². The first-order chi connectivity index (χ1) is 5.58. The first kappa shape index (κ1) is 9.92. The van der Waals surface area contributed by atoms with Crippen molar-refractivity contribution >= 4 is 11.8 Å². The summed E-state index contributed by atoms with van der Waals surface area (Å²) in [4.78, 5) is 0. The molecule has 0 atom stereocenters. The van der Waals surface area contributed by atoms with E-state index in [1.165, 1.54) is 0 Å². The molecule has 1 saturated carbocycles. The molecule has 1 rings (SSSR count). The van der Waals surface area contributed by atoms with E-state index in [-0.39, 0.29) is 4.75 Å². The molecule has 0 unspecified atom stereocenters. The van der Waals surface area contributed by atoms with Crippen molar-refractivity contribution in [1.82, 2.24) is 0 Å². The van der Waals surface area contributed by atoms with Crippen molar-refractivity contribution in [3.05, 3.63) is 0 Å². The van der Waals surface area contributed by atoms with Crippen LogP contribution in [0.4, 0.5) is 0 Å². The second kappa shape index (κ2) is 3.70. The van der Waals surface area contributed by atoms with Crippen molar-refractivity contribution in [2.75, 3.05) is 5.75 Å². The smallest absolute Gasteiger partial charge is 0.103 e. The molecule has 12 heavy (non-hydrogen) atoms. The summed E-state index contributed by atoms with van der Waals surface area (Å²) in [6.45, 7) is 6.64. The van der Waals surface area contributed by atoms with E-state index in [2.05, 4.69) is 26.8 Å². The molecule has 0 saturated heterocycles. The molecule has 0 aromatic carbocycles. The van der Waals surface area contributed by atoms with E-state index in [0.29, 0.717) is 5.92 Å². The lowest BCUT2D eigenvalue weighted by Gasteiger charge is -2.40.